The Hall–Kier alpha value is -1.73. The summed E-state index contributed by atoms with van der Waals surface area (Å²) in [6, 6.07) is 1.70. The lowest BCUT2D eigenvalue weighted by Gasteiger charge is -2.15. The Balaban J connectivity index is 2.09. The largest absolute Gasteiger partial charge is 0.457 e. The van der Waals surface area contributed by atoms with Crippen LogP contribution in [-0.2, 0) is 19.0 Å². The molecule has 1 aromatic rings. The molecule has 104 valence electrons. The Morgan fingerprint density at radius 3 is 2.74 bits per heavy atom. The lowest BCUT2D eigenvalue weighted by Crippen LogP contribution is -2.27. The van der Waals surface area contributed by atoms with E-state index in [0.29, 0.717) is 12.1 Å². The van der Waals surface area contributed by atoms with E-state index in [0.717, 1.165) is 0 Å². The minimum atomic E-state index is -0.614. The Kier molecular flexibility index (Phi) is 3.96. The van der Waals surface area contributed by atoms with Crippen LogP contribution < -0.4 is 0 Å². The number of rotatable bonds is 3. The fourth-order valence-corrected chi connectivity index (χ4v) is 2.03. The van der Waals surface area contributed by atoms with Gasteiger partial charge in [-0.15, -0.1) is 0 Å². The van der Waals surface area contributed by atoms with Gasteiger partial charge in [0.1, 0.15) is 6.10 Å². The molecule has 3 atom stereocenters. The average Bonchev–Trinajstić information content (AvgIpc) is 2.93. The molecule has 2 heterocycles. The molecule has 1 aliphatic rings. The second-order valence-corrected chi connectivity index (χ2v) is 4.32. The van der Waals surface area contributed by atoms with Gasteiger partial charge in [0.2, 0.25) is 5.91 Å². The lowest BCUT2D eigenvalue weighted by molar-refractivity contribution is -0.176. The van der Waals surface area contributed by atoms with Crippen molar-refractivity contribution in [1.82, 2.24) is 9.78 Å². The molecule has 7 nitrogen and oxygen atoms in total. The van der Waals surface area contributed by atoms with Crippen LogP contribution in [0.15, 0.2) is 12.3 Å². The summed E-state index contributed by atoms with van der Waals surface area (Å²) in [5, 5.41) is 4.12. The summed E-state index contributed by atoms with van der Waals surface area (Å²) >= 11 is 0. The normalized spacial score (nSPS) is 26.4. The summed E-state index contributed by atoms with van der Waals surface area (Å²) < 4.78 is 17.1. The van der Waals surface area contributed by atoms with Gasteiger partial charge in [0.25, 0.3) is 0 Å². The number of hydrogen-bond acceptors (Lipinski definition) is 6. The zero-order valence-corrected chi connectivity index (χ0v) is 11.0. The standard InChI is InChI=1S/C12H16N2O5/c1-7(15)14-5-4-9(13-14)10-6-11(18-8(2)16)12(17-3)19-10/h4-5,10-12H,6H2,1-3H3/t10-,11-,12-/m1/s1. The first-order valence-electron chi connectivity index (χ1n) is 5.93. The van der Waals surface area contributed by atoms with E-state index >= 15 is 0 Å². The highest BCUT2D eigenvalue weighted by Crippen LogP contribution is 2.34. The summed E-state index contributed by atoms with van der Waals surface area (Å²) in [6.45, 7) is 2.76. The van der Waals surface area contributed by atoms with Gasteiger partial charge in [-0.3, -0.25) is 9.59 Å². The number of carbonyl (C=O) groups excluding carboxylic acids is 2. The van der Waals surface area contributed by atoms with Gasteiger partial charge < -0.3 is 14.2 Å². The van der Waals surface area contributed by atoms with Gasteiger partial charge in [-0.05, 0) is 6.07 Å². The van der Waals surface area contributed by atoms with Gasteiger partial charge >= 0.3 is 5.97 Å². The van der Waals surface area contributed by atoms with Gasteiger partial charge in [-0.25, -0.2) is 4.68 Å². The molecule has 0 saturated carbocycles. The molecule has 1 aromatic heterocycles. The van der Waals surface area contributed by atoms with Crippen molar-refractivity contribution < 1.29 is 23.8 Å². The third-order valence-electron chi connectivity index (χ3n) is 2.86. The Labute approximate surface area is 110 Å². The lowest BCUT2D eigenvalue weighted by atomic mass is 10.1. The third-order valence-corrected chi connectivity index (χ3v) is 2.86. The van der Waals surface area contributed by atoms with Crippen LogP contribution in [-0.4, -0.2) is 41.2 Å². The quantitative estimate of drug-likeness (QED) is 0.758. The van der Waals surface area contributed by atoms with Crippen LogP contribution in [0.5, 0.6) is 0 Å². The maximum absolute atomic E-state index is 11.2. The molecule has 1 aliphatic heterocycles. The molecule has 0 aromatic carbocycles. The second kappa shape index (κ2) is 5.50. The monoisotopic (exact) mass is 268 g/mol. The average molecular weight is 268 g/mol. The molecule has 0 N–H and O–H groups in total. The summed E-state index contributed by atoms with van der Waals surface area (Å²) in [7, 11) is 1.48. The summed E-state index contributed by atoms with van der Waals surface area (Å²) in [6.07, 6.45) is 0.593. The van der Waals surface area contributed by atoms with E-state index in [-0.39, 0.29) is 18.0 Å². The van der Waals surface area contributed by atoms with Gasteiger partial charge in [0.15, 0.2) is 12.4 Å². The van der Waals surface area contributed by atoms with E-state index in [1.807, 2.05) is 0 Å². The van der Waals surface area contributed by atoms with Crippen molar-refractivity contribution in [2.75, 3.05) is 7.11 Å². The topological polar surface area (TPSA) is 79.7 Å². The molecule has 1 saturated heterocycles. The first-order chi connectivity index (χ1) is 9.01. The number of carbonyl (C=O) groups is 2. The van der Waals surface area contributed by atoms with E-state index in [1.54, 1.807) is 12.3 Å². The molecule has 0 aliphatic carbocycles. The fourth-order valence-electron chi connectivity index (χ4n) is 2.03. The summed E-state index contributed by atoms with van der Waals surface area (Å²) in [4.78, 5) is 22.2. The van der Waals surface area contributed by atoms with Crippen LogP contribution in [0, 0.1) is 0 Å². The maximum atomic E-state index is 11.2. The summed E-state index contributed by atoms with van der Waals surface area (Å²) in [5.74, 6) is -0.561. The van der Waals surface area contributed by atoms with E-state index in [2.05, 4.69) is 5.10 Å². The van der Waals surface area contributed by atoms with Crippen LogP contribution in [0.25, 0.3) is 0 Å². The Morgan fingerprint density at radius 2 is 2.21 bits per heavy atom. The van der Waals surface area contributed by atoms with Gasteiger partial charge in [-0.2, -0.15) is 5.10 Å². The first-order valence-corrected chi connectivity index (χ1v) is 5.93. The minimum absolute atomic E-state index is 0.177. The van der Waals surface area contributed by atoms with Crippen LogP contribution in [0.4, 0.5) is 0 Å². The number of hydrogen-bond donors (Lipinski definition) is 0. The van der Waals surface area contributed by atoms with Crippen molar-refractivity contribution in [3.63, 3.8) is 0 Å². The second-order valence-electron chi connectivity index (χ2n) is 4.32. The van der Waals surface area contributed by atoms with Gasteiger partial charge in [0.05, 0.1) is 5.69 Å². The van der Waals surface area contributed by atoms with E-state index in [9.17, 15) is 9.59 Å². The van der Waals surface area contributed by atoms with Gasteiger partial charge in [0, 0.05) is 33.6 Å². The number of nitrogens with zero attached hydrogens (tertiary/aromatic N) is 2. The molecular weight excluding hydrogens is 252 g/mol. The van der Waals surface area contributed by atoms with Crippen LogP contribution >= 0.6 is 0 Å². The van der Waals surface area contributed by atoms with E-state index in [1.165, 1.54) is 25.6 Å². The highest BCUT2D eigenvalue weighted by Gasteiger charge is 2.39. The Morgan fingerprint density at radius 1 is 1.47 bits per heavy atom. The zero-order chi connectivity index (χ0) is 14.0. The maximum Gasteiger partial charge on any atom is 0.303 e. The van der Waals surface area contributed by atoms with Crippen molar-refractivity contribution in [1.29, 1.82) is 0 Å². The highest BCUT2D eigenvalue weighted by atomic mass is 16.7. The molecule has 2 rings (SSSR count). The molecule has 0 amide bonds. The van der Waals surface area contributed by atoms with Crippen molar-refractivity contribution in [2.24, 2.45) is 0 Å². The number of ether oxygens (including phenoxy) is 3. The molecular formula is C12H16N2O5. The highest BCUT2D eigenvalue weighted by molar-refractivity contribution is 5.74. The van der Waals surface area contributed by atoms with Crippen molar-refractivity contribution >= 4 is 11.9 Å². The molecule has 0 bridgehead atoms. The number of aromatic nitrogens is 2. The molecule has 1 fully saturated rings. The zero-order valence-electron chi connectivity index (χ0n) is 11.0. The molecule has 0 radical (unpaired) electrons. The van der Waals surface area contributed by atoms with Crippen LogP contribution in [0.1, 0.15) is 36.9 Å². The molecule has 0 unspecified atom stereocenters. The van der Waals surface area contributed by atoms with Crippen LogP contribution in [0.2, 0.25) is 0 Å². The number of methoxy groups -OCH3 is 1. The molecule has 19 heavy (non-hydrogen) atoms. The predicted octanol–water partition coefficient (Wildman–Crippen LogP) is 0.909. The van der Waals surface area contributed by atoms with Crippen molar-refractivity contribution in [3.8, 4) is 0 Å². The Bertz CT molecular complexity index is 484. The first kappa shape index (κ1) is 13.7. The van der Waals surface area contributed by atoms with Crippen LogP contribution in [0.3, 0.4) is 0 Å². The molecule has 7 heteroatoms. The smallest absolute Gasteiger partial charge is 0.303 e. The van der Waals surface area contributed by atoms with E-state index < -0.39 is 12.4 Å². The summed E-state index contributed by atoms with van der Waals surface area (Å²) in [5.41, 5.74) is 0.618. The number of esters is 1. The third kappa shape index (κ3) is 2.99. The SMILES string of the molecule is CO[C@@H]1O[C@@H](c2ccn(C(C)=O)n2)C[C@H]1OC(C)=O. The van der Waals surface area contributed by atoms with Crippen molar-refractivity contribution in [2.45, 2.75) is 38.8 Å². The fraction of sp³-hybridized carbons (Fsp3) is 0.583. The molecule has 0 spiro atoms. The predicted molar refractivity (Wildman–Crippen MR) is 63.3 cm³/mol. The van der Waals surface area contributed by atoms with E-state index in [4.69, 9.17) is 14.2 Å². The minimum Gasteiger partial charge on any atom is -0.457 e. The van der Waals surface area contributed by atoms with Crippen molar-refractivity contribution in [3.05, 3.63) is 18.0 Å². The van der Waals surface area contributed by atoms with Gasteiger partial charge in [-0.1, -0.05) is 0 Å².